The van der Waals surface area contributed by atoms with Crippen LogP contribution in [0.2, 0.25) is 0 Å². The summed E-state index contributed by atoms with van der Waals surface area (Å²) >= 11 is 3.46. The van der Waals surface area contributed by atoms with Gasteiger partial charge < -0.3 is 9.88 Å². The second-order valence-electron chi connectivity index (χ2n) is 6.96. The first-order valence-corrected chi connectivity index (χ1v) is 8.26. The van der Waals surface area contributed by atoms with Crippen LogP contribution >= 0.6 is 15.9 Å². The second-order valence-corrected chi connectivity index (χ2v) is 7.87. The van der Waals surface area contributed by atoms with E-state index in [9.17, 15) is 4.79 Å². The number of aromatic nitrogens is 1. The Bertz CT molecular complexity index is 481. The van der Waals surface area contributed by atoms with Crippen molar-refractivity contribution in [2.75, 3.05) is 0 Å². The molecule has 0 saturated heterocycles. The smallest absolute Gasteiger partial charge is 0.268 e. The molecule has 1 amide bonds. The van der Waals surface area contributed by atoms with Crippen LogP contribution in [0.15, 0.2) is 16.7 Å². The van der Waals surface area contributed by atoms with Crippen molar-refractivity contribution in [1.82, 2.24) is 9.88 Å². The number of carbonyl (C=O) groups is 1. The Morgan fingerprint density at radius 2 is 2.00 bits per heavy atom. The summed E-state index contributed by atoms with van der Waals surface area (Å²) in [5.74, 6) is 0.0501. The molecule has 20 heavy (non-hydrogen) atoms. The van der Waals surface area contributed by atoms with Crippen LogP contribution in [0.4, 0.5) is 0 Å². The molecule has 0 unspecified atom stereocenters. The lowest BCUT2D eigenvalue weighted by molar-refractivity contribution is 0.0898. The van der Waals surface area contributed by atoms with E-state index in [0.29, 0.717) is 11.5 Å². The first-order chi connectivity index (χ1) is 9.28. The minimum atomic E-state index is 0.0501. The maximum absolute atomic E-state index is 12.5. The molecule has 1 fully saturated rings. The van der Waals surface area contributed by atoms with Crippen LogP contribution in [0, 0.1) is 5.41 Å². The summed E-state index contributed by atoms with van der Waals surface area (Å²) in [5, 5.41) is 3.20. The van der Waals surface area contributed by atoms with Gasteiger partial charge in [-0.15, -0.1) is 0 Å². The van der Waals surface area contributed by atoms with E-state index in [1.54, 1.807) is 0 Å². The fraction of sp³-hybridized carbons (Fsp3) is 0.688. The lowest BCUT2D eigenvalue weighted by Crippen LogP contribution is -2.40. The first-order valence-electron chi connectivity index (χ1n) is 7.47. The van der Waals surface area contributed by atoms with Crippen LogP contribution in [0.3, 0.4) is 0 Å². The minimum Gasteiger partial charge on any atom is -0.348 e. The molecular weight excluding hydrogens is 316 g/mol. The topological polar surface area (TPSA) is 34.0 Å². The van der Waals surface area contributed by atoms with Crippen molar-refractivity contribution in [1.29, 1.82) is 0 Å². The highest BCUT2D eigenvalue weighted by atomic mass is 79.9. The van der Waals surface area contributed by atoms with Gasteiger partial charge in [0.25, 0.3) is 5.91 Å². The zero-order valence-corrected chi connectivity index (χ0v) is 14.5. The predicted octanol–water partition coefficient (Wildman–Crippen LogP) is 4.53. The van der Waals surface area contributed by atoms with Crippen molar-refractivity contribution in [2.45, 2.75) is 65.5 Å². The lowest BCUT2D eigenvalue weighted by atomic mass is 9.75. The van der Waals surface area contributed by atoms with Crippen LogP contribution in [0.25, 0.3) is 0 Å². The third kappa shape index (κ3) is 3.66. The van der Waals surface area contributed by atoms with Crippen molar-refractivity contribution < 1.29 is 4.79 Å². The lowest BCUT2D eigenvalue weighted by Gasteiger charge is -2.34. The van der Waals surface area contributed by atoms with Gasteiger partial charge in [0.05, 0.1) is 0 Å². The van der Waals surface area contributed by atoms with Crippen LogP contribution in [0.1, 0.15) is 69.9 Å². The molecule has 112 valence electrons. The number of halogens is 1. The number of nitrogens with one attached hydrogen (secondary N) is 1. The Balaban J connectivity index is 2.02. The highest BCUT2D eigenvalue weighted by Crippen LogP contribution is 2.35. The quantitative estimate of drug-likeness (QED) is 0.861. The molecule has 1 saturated carbocycles. The largest absolute Gasteiger partial charge is 0.348 e. The molecule has 0 spiro atoms. The van der Waals surface area contributed by atoms with Gasteiger partial charge in [-0.1, -0.05) is 13.8 Å². The molecule has 3 nitrogen and oxygen atoms in total. The van der Waals surface area contributed by atoms with Gasteiger partial charge in [0.2, 0.25) is 0 Å². The Kier molecular flexibility index (Phi) is 4.62. The van der Waals surface area contributed by atoms with E-state index in [1.807, 2.05) is 16.8 Å². The number of rotatable bonds is 3. The summed E-state index contributed by atoms with van der Waals surface area (Å²) in [6, 6.07) is 2.51. The van der Waals surface area contributed by atoms with E-state index in [1.165, 1.54) is 12.8 Å². The molecule has 1 heterocycles. The molecule has 1 N–H and O–H groups in total. The van der Waals surface area contributed by atoms with Crippen molar-refractivity contribution in [3.05, 3.63) is 22.4 Å². The van der Waals surface area contributed by atoms with Gasteiger partial charge in [0.15, 0.2) is 0 Å². The van der Waals surface area contributed by atoms with Crippen molar-refractivity contribution in [3.8, 4) is 0 Å². The molecule has 0 aliphatic heterocycles. The SMILES string of the molecule is CC(C)n1cc(Br)cc1C(=O)NC1CCC(C)(C)CC1. The molecule has 1 aromatic heterocycles. The van der Waals surface area contributed by atoms with Crippen LogP contribution in [-0.4, -0.2) is 16.5 Å². The molecule has 0 radical (unpaired) electrons. The number of carbonyl (C=O) groups excluding carboxylic acids is 1. The van der Waals surface area contributed by atoms with Crippen LogP contribution in [0.5, 0.6) is 0 Å². The van der Waals surface area contributed by atoms with Crippen LogP contribution < -0.4 is 5.32 Å². The van der Waals surface area contributed by atoms with Crippen LogP contribution in [-0.2, 0) is 0 Å². The normalized spacial score (nSPS) is 19.3. The number of hydrogen-bond donors (Lipinski definition) is 1. The van der Waals surface area contributed by atoms with Crippen molar-refractivity contribution in [2.24, 2.45) is 5.41 Å². The molecule has 0 aromatic carbocycles. The molecule has 0 bridgehead atoms. The minimum absolute atomic E-state index is 0.0501. The van der Waals surface area contributed by atoms with Gasteiger partial charge in [-0.3, -0.25) is 4.79 Å². The van der Waals surface area contributed by atoms with E-state index in [-0.39, 0.29) is 11.9 Å². The van der Waals surface area contributed by atoms with Gasteiger partial charge >= 0.3 is 0 Å². The predicted molar refractivity (Wildman–Crippen MR) is 86.0 cm³/mol. The number of nitrogens with zero attached hydrogens (tertiary/aromatic N) is 1. The molecule has 2 rings (SSSR count). The third-order valence-electron chi connectivity index (χ3n) is 4.28. The van der Waals surface area contributed by atoms with E-state index >= 15 is 0 Å². The highest BCUT2D eigenvalue weighted by molar-refractivity contribution is 9.10. The van der Waals surface area contributed by atoms with Gasteiger partial charge in [-0.05, 0) is 66.9 Å². The van der Waals surface area contributed by atoms with Gasteiger partial charge in [0, 0.05) is 22.8 Å². The first kappa shape index (κ1) is 15.6. The maximum atomic E-state index is 12.5. The summed E-state index contributed by atoms with van der Waals surface area (Å²) in [4.78, 5) is 12.5. The molecule has 1 aromatic rings. The zero-order chi connectivity index (χ0) is 14.9. The molecule has 0 atom stereocenters. The average Bonchev–Trinajstić information content (AvgIpc) is 2.74. The van der Waals surface area contributed by atoms with E-state index in [2.05, 4.69) is 48.9 Å². The third-order valence-corrected chi connectivity index (χ3v) is 4.71. The van der Waals surface area contributed by atoms with Gasteiger partial charge in [-0.25, -0.2) is 0 Å². The van der Waals surface area contributed by atoms with E-state index < -0.39 is 0 Å². The van der Waals surface area contributed by atoms with Gasteiger partial charge in [0.1, 0.15) is 5.69 Å². The molecule has 4 heteroatoms. The summed E-state index contributed by atoms with van der Waals surface area (Å²) in [5.41, 5.74) is 1.18. The maximum Gasteiger partial charge on any atom is 0.268 e. The number of hydrogen-bond acceptors (Lipinski definition) is 1. The highest BCUT2D eigenvalue weighted by Gasteiger charge is 2.28. The van der Waals surface area contributed by atoms with Gasteiger partial charge in [-0.2, -0.15) is 0 Å². The Morgan fingerprint density at radius 1 is 1.40 bits per heavy atom. The fourth-order valence-electron chi connectivity index (χ4n) is 2.86. The summed E-state index contributed by atoms with van der Waals surface area (Å²) < 4.78 is 2.98. The van der Waals surface area contributed by atoms with Crippen molar-refractivity contribution in [3.63, 3.8) is 0 Å². The monoisotopic (exact) mass is 340 g/mol. The standard InChI is InChI=1S/C16H25BrN2O/c1-11(2)19-10-12(17)9-14(19)15(20)18-13-5-7-16(3,4)8-6-13/h9-11,13H,5-8H2,1-4H3,(H,18,20). The average molecular weight is 341 g/mol. The summed E-state index contributed by atoms with van der Waals surface area (Å²) in [7, 11) is 0. The molecule has 1 aliphatic carbocycles. The summed E-state index contributed by atoms with van der Waals surface area (Å²) in [6.45, 7) is 8.80. The number of amides is 1. The second kappa shape index (κ2) is 5.92. The Labute approximate surface area is 130 Å². The Hall–Kier alpha value is -0.770. The fourth-order valence-corrected chi connectivity index (χ4v) is 3.30. The Morgan fingerprint density at radius 3 is 2.55 bits per heavy atom. The van der Waals surface area contributed by atoms with E-state index in [4.69, 9.17) is 0 Å². The van der Waals surface area contributed by atoms with E-state index in [0.717, 1.165) is 23.0 Å². The molecular formula is C16H25BrN2O. The van der Waals surface area contributed by atoms with Crippen molar-refractivity contribution >= 4 is 21.8 Å². The molecule has 1 aliphatic rings. The summed E-state index contributed by atoms with van der Waals surface area (Å²) in [6.07, 6.45) is 6.52. The zero-order valence-electron chi connectivity index (χ0n) is 12.9.